The molecule has 2 aliphatic heterocycles. The molecule has 2 aliphatic rings. The number of carbonyl (C=O) groups is 1. The molecule has 0 spiro atoms. The number of hydrogen-bond acceptors (Lipinski definition) is 4. The van der Waals surface area contributed by atoms with Gasteiger partial charge in [0.05, 0.1) is 18.9 Å². The Labute approximate surface area is 148 Å². The van der Waals surface area contributed by atoms with E-state index in [1.54, 1.807) is 0 Å². The molecule has 132 valence electrons. The molecule has 3 heterocycles. The van der Waals surface area contributed by atoms with E-state index in [1.807, 2.05) is 30.3 Å². The van der Waals surface area contributed by atoms with Crippen LogP contribution in [0.2, 0.25) is 0 Å². The van der Waals surface area contributed by atoms with Gasteiger partial charge in [-0.15, -0.1) is 0 Å². The maximum absolute atomic E-state index is 12.7. The lowest BCUT2D eigenvalue weighted by molar-refractivity contribution is -0.127. The van der Waals surface area contributed by atoms with Gasteiger partial charge in [-0.05, 0) is 19.3 Å². The zero-order valence-electron chi connectivity index (χ0n) is 14.7. The van der Waals surface area contributed by atoms with E-state index in [-0.39, 0.29) is 11.4 Å². The minimum atomic E-state index is -0.305. The van der Waals surface area contributed by atoms with Gasteiger partial charge in [0, 0.05) is 17.5 Å². The van der Waals surface area contributed by atoms with Gasteiger partial charge in [0.25, 0.3) is 0 Å². The molecule has 5 heteroatoms. The van der Waals surface area contributed by atoms with Crippen molar-refractivity contribution < 1.29 is 14.3 Å². The lowest BCUT2D eigenvalue weighted by atomic mass is 9.90. The highest BCUT2D eigenvalue weighted by Crippen LogP contribution is 2.29. The molecule has 0 saturated carbocycles. The molecule has 1 fully saturated rings. The molecule has 0 N–H and O–H groups in total. The largest absolute Gasteiger partial charge is 0.460 e. The summed E-state index contributed by atoms with van der Waals surface area (Å²) < 4.78 is 13.0. The summed E-state index contributed by atoms with van der Waals surface area (Å²) in [6.07, 6.45) is 4.27. The molecule has 0 radical (unpaired) electrons. The summed E-state index contributed by atoms with van der Waals surface area (Å²) in [5.41, 5.74) is 2.51. The van der Waals surface area contributed by atoms with Crippen molar-refractivity contribution in [1.29, 1.82) is 0 Å². The molecule has 0 amide bonds. The van der Waals surface area contributed by atoms with Crippen molar-refractivity contribution in [2.24, 2.45) is 5.41 Å². The molecule has 1 saturated heterocycles. The minimum Gasteiger partial charge on any atom is -0.460 e. The van der Waals surface area contributed by atoms with Crippen molar-refractivity contribution in [2.75, 3.05) is 19.8 Å². The summed E-state index contributed by atoms with van der Waals surface area (Å²) in [6, 6.07) is 10.1. The molecular weight excluding hydrogens is 316 g/mol. The number of rotatable bonds is 4. The predicted octanol–water partition coefficient (Wildman–Crippen LogP) is 3.47. The number of nitrogens with zero attached hydrogens (tertiary/aromatic N) is 2. The topological polar surface area (TPSA) is 53.3 Å². The Morgan fingerprint density at radius 1 is 1.24 bits per heavy atom. The first-order valence-corrected chi connectivity index (χ1v) is 9.06. The van der Waals surface area contributed by atoms with Crippen LogP contribution in [0, 0.1) is 5.41 Å². The number of fused-ring (bicyclic) bond motifs is 1. The summed E-state index contributed by atoms with van der Waals surface area (Å²) in [4.78, 5) is 17.4. The molecule has 5 nitrogen and oxygen atoms in total. The van der Waals surface area contributed by atoms with Crippen molar-refractivity contribution in [3.63, 3.8) is 0 Å². The quantitative estimate of drug-likeness (QED) is 0.800. The summed E-state index contributed by atoms with van der Waals surface area (Å²) in [7, 11) is 0. The number of imidazole rings is 1. The first kappa shape index (κ1) is 16.3. The second kappa shape index (κ2) is 6.64. The fourth-order valence-electron chi connectivity index (χ4n) is 3.53. The van der Waals surface area contributed by atoms with Gasteiger partial charge in [-0.1, -0.05) is 43.7 Å². The van der Waals surface area contributed by atoms with Crippen LogP contribution in [0.4, 0.5) is 0 Å². The number of hydrogen-bond donors (Lipinski definition) is 0. The number of aromatic nitrogens is 2. The standard InChI is InChI=1S/C20H24N2O3/c1-20(12-24-13-20)14-25-19(23)17-16-10-6-3-7-11-22(16)18(21-17)15-8-4-2-5-9-15/h2,4-5,8-9H,3,6-7,10-14H2,1H3. The van der Waals surface area contributed by atoms with Gasteiger partial charge in [-0.25, -0.2) is 9.78 Å². The van der Waals surface area contributed by atoms with Gasteiger partial charge in [0.15, 0.2) is 5.69 Å². The Kier molecular flexibility index (Phi) is 4.34. The highest BCUT2D eigenvalue weighted by atomic mass is 16.5. The smallest absolute Gasteiger partial charge is 0.358 e. The number of ether oxygens (including phenoxy) is 2. The Bertz CT molecular complexity index is 763. The van der Waals surface area contributed by atoms with E-state index in [1.165, 1.54) is 6.42 Å². The van der Waals surface area contributed by atoms with Crippen LogP contribution in [0.25, 0.3) is 11.4 Å². The van der Waals surface area contributed by atoms with E-state index in [2.05, 4.69) is 11.5 Å². The van der Waals surface area contributed by atoms with Crippen LogP contribution < -0.4 is 0 Å². The summed E-state index contributed by atoms with van der Waals surface area (Å²) in [5.74, 6) is 0.573. The van der Waals surface area contributed by atoms with Gasteiger partial charge in [-0.2, -0.15) is 0 Å². The third kappa shape index (κ3) is 3.21. The monoisotopic (exact) mass is 340 g/mol. The van der Waals surface area contributed by atoms with Crippen LogP contribution in [0.15, 0.2) is 30.3 Å². The number of esters is 1. The van der Waals surface area contributed by atoms with Crippen molar-refractivity contribution in [2.45, 2.75) is 39.2 Å². The Balaban J connectivity index is 1.65. The van der Waals surface area contributed by atoms with E-state index in [0.717, 1.165) is 42.9 Å². The average molecular weight is 340 g/mol. The van der Waals surface area contributed by atoms with Crippen LogP contribution in [0.1, 0.15) is 42.4 Å². The molecule has 25 heavy (non-hydrogen) atoms. The van der Waals surface area contributed by atoms with Crippen LogP contribution in [0.5, 0.6) is 0 Å². The van der Waals surface area contributed by atoms with Crippen LogP contribution in [-0.4, -0.2) is 35.3 Å². The normalized spacial score (nSPS) is 18.8. The molecule has 0 atom stereocenters. The van der Waals surface area contributed by atoms with Gasteiger partial charge < -0.3 is 14.0 Å². The van der Waals surface area contributed by atoms with E-state index < -0.39 is 0 Å². The van der Waals surface area contributed by atoms with E-state index in [0.29, 0.717) is 25.5 Å². The molecule has 0 unspecified atom stereocenters. The molecular formula is C20H24N2O3. The molecule has 1 aromatic carbocycles. The molecule has 0 aliphatic carbocycles. The third-order valence-electron chi connectivity index (χ3n) is 5.05. The Hall–Kier alpha value is -2.14. The summed E-state index contributed by atoms with van der Waals surface area (Å²) in [5, 5.41) is 0. The lowest BCUT2D eigenvalue weighted by Gasteiger charge is -2.37. The fourth-order valence-corrected chi connectivity index (χ4v) is 3.53. The maximum Gasteiger partial charge on any atom is 0.358 e. The van der Waals surface area contributed by atoms with Crippen molar-refractivity contribution in [3.05, 3.63) is 41.7 Å². The van der Waals surface area contributed by atoms with Crippen molar-refractivity contribution >= 4 is 5.97 Å². The molecule has 0 bridgehead atoms. The third-order valence-corrected chi connectivity index (χ3v) is 5.05. The Morgan fingerprint density at radius 2 is 2.04 bits per heavy atom. The Morgan fingerprint density at radius 3 is 2.76 bits per heavy atom. The second-order valence-electron chi connectivity index (χ2n) is 7.44. The fraction of sp³-hybridized carbons (Fsp3) is 0.500. The van der Waals surface area contributed by atoms with Gasteiger partial charge in [0.2, 0.25) is 0 Å². The van der Waals surface area contributed by atoms with Crippen LogP contribution >= 0.6 is 0 Å². The predicted molar refractivity (Wildman–Crippen MR) is 94.4 cm³/mol. The highest BCUT2D eigenvalue weighted by molar-refractivity contribution is 5.89. The SMILES string of the molecule is CC1(COC(=O)c2nc(-c3ccccc3)n3c2CCCCC3)COC1. The van der Waals surface area contributed by atoms with Crippen molar-refractivity contribution in [3.8, 4) is 11.4 Å². The second-order valence-corrected chi connectivity index (χ2v) is 7.44. The average Bonchev–Trinajstić information content (AvgIpc) is 2.80. The first-order chi connectivity index (χ1) is 12.2. The van der Waals surface area contributed by atoms with E-state index in [4.69, 9.17) is 14.5 Å². The van der Waals surface area contributed by atoms with Crippen LogP contribution in [0.3, 0.4) is 0 Å². The zero-order chi connectivity index (χ0) is 17.3. The molecule has 4 rings (SSSR count). The van der Waals surface area contributed by atoms with Crippen molar-refractivity contribution in [1.82, 2.24) is 9.55 Å². The number of benzene rings is 1. The molecule has 2 aromatic rings. The highest BCUT2D eigenvalue weighted by Gasteiger charge is 2.35. The minimum absolute atomic E-state index is 0.0470. The zero-order valence-corrected chi connectivity index (χ0v) is 14.7. The van der Waals surface area contributed by atoms with E-state index in [9.17, 15) is 4.79 Å². The maximum atomic E-state index is 12.7. The lowest BCUT2D eigenvalue weighted by Crippen LogP contribution is -2.44. The van der Waals surface area contributed by atoms with Gasteiger partial charge in [-0.3, -0.25) is 0 Å². The van der Waals surface area contributed by atoms with E-state index >= 15 is 0 Å². The van der Waals surface area contributed by atoms with Gasteiger partial charge >= 0.3 is 5.97 Å². The first-order valence-electron chi connectivity index (χ1n) is 9.06. The number of carbonyl (C=O) groups excluding carboxylic acids is 1. The van der Waals surface area contributed by atoms with Crippen LogP contribution in [-0.2, 0) is 22.4 Å². The summed E-state index contributed by atoms with van der Waals surface area (Å²) in [6.45, 7) is 4.67. The molecule has 1 aromatic heterocycles. The van der Waals surface area contributed by atoms with Gasteiger partial charge in [0.1, 0.15) is 12.4 Å². The summed E-state index contributed by atoms with van der Waals surface area (Å²) >= 11 is 0.